The van der Waals surface area contributed by atoms with E-state index in [-0.39, 0.29) is 33.3 Å². The summed E-state index contributed by atoms with van der Waals surface area (Å²) in [7, 11) is 2.02. The van der Waals surface area contributed by atoms with E-state index in [1.807, 2.05) is 30.8 Å². The average Bonchev–Trinajstić information content (AvgIpc) is 3.24. The number of aromatic nitrogens is 2. The van der Waals surface area contributed by atoms with E-state index < -0.39 is 34.9 Å². The Labute approximate surface area is 253 Å². The summed E-state index contributed by atoms with van der Waals surface area (Å²) in [6, 6.07) is 2.90. The number of allylic oxidation sites excluding steroid dienone is 1. The van der Waals surface area contributed by atoms with Gasteiger partial charge in [-0.25, -0.2) is 9.78 Å². The number of hydrogen-bond acceptors (Lipinski definition) is 12. The van der Waals surface area contributed by atoms with Gasteiger partial charge in [-0.2, -0.15) is 0 Å². The summed E-state index contributed by atoms with van der Waals surface area (Å²) in [4.78, 5) is 49.0. The first-order valence-electron chi connectivity index (χ1n) is 11.4. The summed E-state index contributed by atoms with van der Waals surface area (Å²) in [5.74, 6) is -1.59. The minimum atomic E-state index is -1.23. The van der Waals surface area contributed by atoms with Crippen LogP contribution < -0.4 is 11.1 Å². The van der Waals surface area contributed by atoms with E-state index in [2.05, 4.69) is 25.3 Å². The number of fused-ring (bicyclic) bond motifs is 1. The zero-order valence-corrected chi connectivity index (χ0v) is 24.9. The number of hydrogen-bond donors (Lipinski definition) is 4. The molecule has 4 rings (SSSR count). The van der Waals surface area contributed by atoms with E-state index in [1.165, 1.54) is 23.5 Å². The normalized spacial score (nSPS) is 18.9. The Bertz CT molecular complexity index is 1360. The molecule has 0 unspecified atom stereocenters. The smallest absolute Gasteiger partial charge is 0.352 e. The van der Waals surface area contributed by atoms with Gasteiger partial charge < -0.3 is 26.3 Å². The van der Waals surface area contributed by atoms with Crippen LogP contribution in [0.15, 0.2) is 52.4 Å². The van der Waals surface area contributed by atoms with Crippen LogP contribution in [0, 0.1) is 0 Å². The molecule has 2 amide bonds. The van der Waals surface area contributed by atoms with Crippen LogP contribution in [0.4, 0.5) is 5.13 Å². The van der Waals surface area contributed by atoms with Gasteiger partial charge in [-0.3, -0.25) is 19.5 Å². The minimum absolute atomic E-state index is 0. The Morgan fingerprint density at radius 2 is 2.23 bits per heavy atom. The highest BCUT2D eigenvalue weighted by molar-refractivity contribution is 8.02. The number of oxime groups is 1. The van der Waals surface area contributed by atoms with E-state index in [1.54, 1.807) is 12.3 Å². The highest BCUT2D eigenvalue weighted by Gasteiger charge is 2.54. The van der Waals surface area contributed by atoms with Crippen molar-refractivity contribution < 1.29 is 24.7 Å². The number of aliphatic carboxylic acids is 1. The van der Waals surface area contributed by atoms with Gasteiger partial charge in [0, 0.05) is 37.0 Å². The lowest BCUT2D eigenvalue weighted by Gasteiger charge is -2.49. The third-order valence-corrected chi connectivity index (χ3v) is 8.89. The van der Waals surface area contributed by atoms with E-state index in [4.69, 9.17) is 17.3 Å². The van der Waals surface area contributed by atoms with Crippen molar-refractivity contribution in [1.29, 1.82) is 0 Å². The van der Waals surface area contributed by atoms with Gasteiger partial charge in [0.25, 0.3) is 11.8 Å². The number of amides is 2. The van der Waals surface area contributed by atoms with E-state index >= 15 is 0 Å². The fourth-order valence-electron chi connectivity index (χ4n) is 3.93. The van der Waals surface area contributed by atoms with Gasteiger partial charge in [0.05, 0.1) is 0 Å². The third kappa shape index (κ3) is 7.08. The molecule has 2 atom stereocenters. The molecule has 17 heteroatoms. The molecule has 2 aliphatic rings. The molecule has 4 heterocycles. The number of carboxylic acids is 1. The molecule has 0 aliphatic carbocycles. The Balaban J connectivity index is 0.00000441. The number of nitrogens with two attached hydrogens (primary N) is 1. The molecule has 0 radical (unpaired) electrons. The fourth-order valence-corrected chi connectivity index (χ4v) is 6.99. The SMILES string of the molecule is CN(CCSC=CC1=C(C(=O)O)N2C(=O)[C@@H](NC(=O)/C(=N\O)c3nc(N)sc3Cl)[C@H]2SC1)Cc1cccnc1.Cl. The molecule has 0 bridgehead atoms. The maximum Gasteiger partial charge on any atom is 0.352 e. The first-order valence-corrected chi connectivity index (χ1v) is 14.7. The second-order valence-corrected chi connectivity index (χ2v) is 12.2. The summed E-state index contributed by atoms with van der Waals surface area (Å²) in [5.41, 5.74) is 6.48. The summed E-state index contributed by atoms with van der Waals surface area (Å²) in [6.07, 6.45) is 5.28. The second kappa shape index (κ2) is 14.2. The van der Waals surface area contributed by atoms with Crippen LogP contribution in [0.3, 0.4) is 0 Å². The van der Waals surface area contributed by atoms with Crippen molar-refractivity contribution >= 4 is 87.5 Å². The predicted octanol–water partition coefficient (Wildman–Crippen LogP) is 2.49. The zero-order valence-electron chi connectivity index (χ0n) is 20.9. The maximum atomic E-state index is 12.9. The van der Waals surface area contributed by atoms with E-state index in [9.17, 15) is 24.7 Å². The largest absolute Gasteiger partial charge is 0.477 e. The van der Waals surface area contributed by atoms with Crippen LogP contribution in [-0.4, -0.2) is 90.1 Å². The standard InChI is InChI=1S/C23H24ClN7O5S3.ClH/c1-30(10-12-3-2-5-26-9-12)6-8-37-7-4-13-11-38-21-16(20(33)31(21)17(13)22(34)35)27-19(32)15(29-36)14-18(24)39-23(25)28-14;/h2-5,7,9,16,21,36H,6,8,10-11H2,1H3,(H2,25,28)(H,27,32)(H,34,35);1H/b7-4?,29-15-;/t16-,21-;/m1./s1. The summed E-state index contributed by atoms with van der Waals surface area (Å²) >= 11 is 9.77. The number of β-lactam (4-membered cyclic amide) rings is 1. The second-order valence-electron chi connectivity index (χ2n) is 8.44. The lowest BCUT2D eigenvalue weighted by Crippen LogP contribution is -2.71. The van der Waals surface area contributed by atoms with Crippen molar-refractivity contribution in [2.24, 2.45) is 5.16 Å². The molecular weight excluding hydrogens is 621 g/mol. The lowest BCUT2D eigenvalue weighted by atomic mass is 10.0. The zero-order chi connectivity index (χ0) is 28.1. The maximum absolute atomic E-state index is 12.9. The number of nitrogens with zero attached hydrogens (tertiary/aromatic N) is 5. The molecule has 2 aliphatic heterocycles. The molecule has 214 valence electrons. The molecule has 0 aromatic carbocycles. The third-order valence-electron chi connectivity index (χ3n) is 5.76. The molecule has 12 nitrogen and oxygen atoms in total. The number of rotatable bonds is 11. The van der Waals surface area contributed by atoms with Crippen LogP contribution in [0.25, 0.3) is 0 Å². The van der Waals surface area contributed by atoms with Gasteiger partial charge in [-0.05, 0) is 35.7 Å². The Hall–Kier alpha value is -2.82. The Morgan fingerprint density at radius 1 is 1.45 bits per heavy atom. The van der Waals surface area contributed by atoms with Crippen LogP contribution >= 0.6 is 58.9 Å². The lowest BCUT2D eigenvalue weighted by molar-refractivity contribution is -0.150. The number of carbonyl (C=O) groups is 3. The Kier molecular flexibility index (Phi) is 11.2. The monoisotopic (exact) mass is 645 g/mol. The van der Waals surface area contributed by atoms with Gasteiger partial charge in [0.2, 0.25) is 0 Å². The number of carboxylic acid groups (broad SMARTS) is 1. The van der Waals surface area contributed by atoms with Gasteiger partial charge in [-0.15, -0.1) is 35.9 Å². The number of nitrogens with one attached hydrogen (secondary N) is 1. The highest BCUT2D eigenvalue weighted by Crippen LogP contribution is 2.41. The van der Waals surface area contributed by atoms with E-state index in [0.29, 0.717) is 11.3 Å². The fraction of sp³-hybridized carbons (Fsp3) is 0.304. The number of pyridine rings is 1. The van der Waals surface area contributed by atoms with Crippen LogP contribution in [-0.2, 0) is 20.9 Å². The van der Waals surface area contributed by atoms with Gasteiger partial charge in [0.15, 0.2) is 10.8 Å². The first-order chi connectivity index (χ1) is 18.7. The van der Waals surface area contributed by atoms with Crippen molar-refractivity contribution in [2.45, 2.75) is 18.0 Å². The summed E-state index contributed by atoms with van der Waals surface area (Å²) < 4.78 is 0.0505. The van der Waals surface area contributed by atoms with Gasteiger partial charge in [0.1, 0.15) is 27.1 Å². The van der Waals surface area contributed by atoms with Crippen molar-refractivity contribution in [3.05, 3.63) is 62.9 Å². The molecule has 1 fully saturated rings. The molecule has 40 heavy (non-hydrogen) atoms. The van der Waals surface area contributed by atoms with Crippen LogP contribution in [0.1, 0.15) is 11.3 Å². The number of thioether (sulfide) groups is 2. The average molecular weight is 647 g/mol. The summed E-state index contributed by atoms with van der Waals surface area (Å²) in [6.45, 7) is 1.59. The topological polar surface area (TPSA) is 174 Å². The molecule has 0 saturated carbocycles. The number of thiazole rings is 1. The van der Waals surface area contributed by atoms with E-state index in [0.717, 1.165) is 40.6 Å². The van der Waals surface area contributed by atoms with Crippen molar-refractivity contribution in [3.8, 4) is 0 Å². The molecule has 1 saturated heterocycles. The van der Waals surface area contributed by atoms with Crippen LogP contribution in [0.5, 0.6) is 0 Å². The number of carbonyl (C=O) groups excluding carboxylic acids is 2. The molecular formula is C23H25Cl2N7O5S3. The Morgan fingerprint density at radius 3 is 2.85 bits per heavy atom. The first kappa shape index (κ1) is 31.7. The number of nitrogen functional groups attached to an aromatic ring is 1. The predicted molar refractivity (Wildman–Crippen MR) is 159 cm³/mol. The van der Waals surface area contributed by atoms with Gasteiger partial charge >= 0.3 is 5.97 Å². The molecule has 5 N–H and O–H groups in total. The number of anilines is 1. The van der Waals surface area contributed by atoms with Gasteiger partial charge in [-0.1, -0.05) is 34.2 Å². The molecule has 2 aromatic heterocycles. The van der Waals surface area contributed by atoms with Crippen molar-refractivity contribution in [2.75, 3.05) is 30.8 Å². The number of halogens is 2. The van der Waals surface area contributed by atoms with Crippen molar-refractivity contribution in [3.63, 3.8) is 0 Å². The van der Waals surface area contributed by atoms with Crippen LogP contribution in [0.2, 0.25) is 4.34 Å². The quantitative estimate of drug-likeness (QED) is 0.0929. The molecule has 2 aromatic rings. The summed E-state index contributed by atoms with van der Waals surface area (Å²) in [5, 5.41) is 25.9. The van der Waals surface area contributed by atoms with Crippen molar-refractivity contribution in [1.82, 2.24) is 25.1 Å². The minimum Gasteiger partial charge on any atom is -0.477 e. The molecule has 0 spiro atoms. The highest BCUT2D eigenvalue weighted by atomic mass is 35.5.